The number of rotatable bonds is 2. The van der Waals surface area contributed by atoms with Crippen molar-refractivity contribution in [3.8, 4) is 11.8 Å². The van der Waals surface area contributed by atoms with Crippen LogP contribution >= 0.6 is 0 Å². The average molecular weight is 154 g/mol. The highest BCUT2D eigenvalue weighted by molar-refractivity contribution is 5.67. The molecule has 0 bridgehead atoms. The van der Waals surface area contributed by atoms with Gasteiger partial charge in [-0.2, -0.15) is 0 Å². The van der Waals surface area contributed by atoms with E-state index in [0.717, 1.165) is 6.42 Å². The van der Waals surface area contributed by atoms with E-state index in [9.17, 15) is 0 Å². The van der Waals surface area contributed by atoms with Crippen molar-refractivity contribution >= 4 is 6.02 Å². The molecule has 0 rings (SSSR count). The minimum atomic E-state index is -0.275. The fourth-order valence-electron chi connectivity index (χ4n) is 0.432. The van der Waals surface area contributed by atoms with E-state index in [1.54, 1.807) is 0 Å². The van der Waals surface area contributed by atoms with E-state index in [2.05, 4.69) is 23.5 Å². The van der Waals surface area contributed by atoms with Crippen LogP contribution in [-0.4, -0.2) is 12.6 Å². The molecule has 0 aromatic carbocycles. The van der Waals surface area contributed by atoms with Gasteiger partial charge in [-0.25, -0.2) is 0 Å². The quantitative estimate of drug-likeness (QED) is 0.353. The highest BCUT2D eigenvalue weighted by Crippen LogP contribution is 1.95. The molecule has 3 heteroatoms. The summed E-state index contributed by atoms with van der Waals surface area (Å²) in [5.74, 6) is 6.13. The van der Waals surface area contributed by atoms with Crippen LogP contribution in [0.25, 0.3) is 0 Å². The van der Waals surface area contributed by atoms with E-state index in [1.807, 2.05) is 6.92 Å². The van der Waals surface area contributed by atoms with Gasteiger partial charge < -0.3 is 10.5 Å². The van der Waals surface area contributed by atoms with Crippen molar-refractivity contribution in [2.24, 2.45) is 11.7 Å². The van der Waals surface area contributed by atoms with Gasteiger partial charge in [0.1, 0.15) is 0 Å². The first-order valence-corrected chi connectivity index (χ1v) is 3.62. The first kappa shape index (κ1) is 9.83. The van der Waals surface area contributed by atoms with Crippen molar-refractivity contribution in [1.82, 2.24) is 0 Å². The molecular weight excluding hydrogens is 140 g/mol. The minimum Gasteiger partial charge on any atom is -0.452 e. The number of hydrogen-bond acceptors (Lipinski definition) is 2. The zero-order valence-corrected chi connectivity index (χ0v) is 6.98. The summed E-state index contributed by atoms with van der Waals surface area (Å²) in [5.41, 5.74) is 4.94. The molecule has 3 nitrogen and oxygen atoms in total. The van der Waals surface area contributed by atoms with Crippen molar-refractivity contribution in [2.45, 2.75) is 20.3 Å². The molecule has 11 heavy (non-hydrogen) atoms. The molecule has 1 atom stereocenters. The molecule has 0 heterocycles. The second-order valence-electron chi connectivity index (χ2n) is 2.28. The number of hydrogen-bond donors (Lipinski definition) is 2. The van der Waals surface area contributed by atoms with E-state index in [1.165, 1.54) is 0 Å². The van der Waals surface area contributed by atoms with E-state index in [0.29, 0.717) is 5.92 Å². The third-order valence-electron chi connectivity index (χ3n) is 1.26. The Balaban J connectivity index is 3.47. The van der Waals surface area contributed by atoms with E-state index in [-0.39, 0.29) is 12.6 Å². The average Bonchev–Trinajstić information content (AvgIpc) is 1.97. The molecule has 0 aliphatic rings. The zero-order valence-electron chi connectivity index (χ0n) is 6.98. The van der Waals surface area contributed by atoms with Gasteiger partial charge in [0.25, 0.3) is 6.02 Å². The summed E-state index contributed by atoms with van der Waals surface area (Å²) in [7, 11) is 0. The molecule has 0 aromatic heterocycles. The van der Waals surface area contributed by atoms with Gasteiger partial charge in [-0.15, -0.1) is 0 Å². The molecule has 0 aliphatic carbocycles. The SMILES string of the molecule is CCC(C)C#CCOC(=N)N. The van der Waals surface area contributed by atoms with Crippen LogP contribution in [0.4, 0.5) is 0 Å². The standard InChI is InChI=1S/C8H14N2O/c1-3-7(2)5-4-6-11-8(9)10/h7H,3,6H2,1-2H3,(H3,9,10). The lowest BCUT2D eigenvalue weighted by Gasteiger charge is -1.96. The van der Waals surface area contributed by atoms with Crippen LogP contribution in [0.2, 0.25) is 0 Å². The van der Waals surface area contributed by atoms with Gasteiger partial charge in [0, 0.05) is 5.92 Å². The Hall–Kier alpha value is -1.17. The van der Waals surface area contributed by atoms with Crippen LogP contribution in [0.1, 0.15) is 20.3 Å². The number of amidine groups is 1. The van der Waals surface area contributed by atoms with Gasteiger partial charge in [0.2, 0.25) is 0 Å². The normalized spacial score (nSPS) is 11.1. The maximum absolute atomic E-state index is 6.71. The van der Waals surface area contributed by atoms with Crippen molar-refractivity contribution in [3.05, 3.63) is 0 Å². The lowest BCUT2D eigenvalue weighted by Crippen LogP contribution is -2.14. The molecule has 0 saturated carbocycles. The van der Waals surface area contributed by atoms with Gasteiger partial charge >= 0.3 is 0 Å². The second kappa shape index (κ2) is 5.60. The van der Waals surface area contributed by atoms with Crippen molar-refractivity contribution in [2.75, 3.05) is 6.61 Å². The molecular formula is C8H14N2O. The molecule has 0 amide bonds. The van der Waals surface area contributed by atoms with Crippen LogP contribution in [0, 0.1) is 23.2 Å². The molecule has 1 unspecified atom stereocenters. The van der Waals surface area contributed by atoms with Crippen LogP contribution in [0.5, 0.6) is 0 Å². The van der Waals surface area contributed by atoms with Gasteiger partial charge in [-0.1, -0.05) is 25.7 Å². The second-order valence-corrected chi connectivity index (χ2v) is 2.28. The van der Waals surface area contributed by atoms with Crippen LogP contribution in [-0.2, 0) is 4.74 Å². The summed E-state index contributed by atoms with van der Waals surface area (Å²) >= 11 is 0. The Morgan fingerprint density at radius 1 is 1.73 bits per heavy atom. The maximum atomic E-state index is 6.71. The summed E-state index contributed by atoms with van der Waals surface area (Å²) < 4.78 is 4.62. The molecule has 0 aromatic rings. The molecule has 0 saturated heterocycles. The highest BCUT2D eigenvalue weighted by Gasteiger charge is 1.88. The molecule has 0 aliphatic heterocycles. The Kier molecular flexibility index (Phi) is 5.01. The Morgan fingerprint density at radius 3 is 2.82 bits per heavy atom. The monoisotopic (exact) mass is 154 g/mol. The van der Waals surface area contributed by atoms with E-state index < -0.39 is 0 Å². The topological polar surface area (TPSA) is 59.1 Å². The van der Waals surface area contributed by atoms with Crippen LogP contribution in [0.3, 0.4) is 0 Å². The van der Waals surface area contributed by atoms with Crippen molar-refractivity contribution < 1.29 is 4.74 Å². The number of nitrogens with one attached hydrogen (secondary N) is 1. The summed E-state index contributed by atoms with van der Waals surface area (Å²) in [6.45, 7) is 4.34. The molecule has 3 N–H and O–H groups in total. The fourth-order valence-corrected chi connectivity index (χ4v) is 0.432. The fraction of sp³-hybridized carbons (Fsp3) is 0.625. The zero-order chi connectivity index (χ0) is 8.69. The molecule has 0 fully saturated rings. The van der Waals surface area contributed by atoms with Crippen molar-refractivity contribution in [1.29, 1.82) is 5.41 Å². The third kappa shape index (κ3) is 6.72. The molecule has 0 spiro atoms. The number of ether oxygens (including phenoxy) is 1. The minimum absolute atomic E-state index is 0.222. The Labute approximate surface area is 67.4 Å². The number of nitrogens with two attached hydrogens (primary N) is 1. The maximum Gasteiger partial charge on any atom is 0.279 e. The van der Waals surface area contributed by atoms with Gasteiger partial charge in [0.15, 0.2) is 6.61 Å². The van der Waals surface area contributed by atoms with Crippen molar-refractivity contribution in [3.63, 3.8) is 0 Å². The first-order valence-electron chi connectivity index (χ1n) is 3.62. The van der Waals surface area contributed by atoms with E-state index >= 15 is 0 Å². The first-order chi connectivity index (χ1) is 5.16. The van der Waals surface area contributed by atoms with Gasteiger partial charge in [-0.05, 0) is 6.42 Å². The van der Waals surface area contributed by atoms with Crippen LogP contribution < -0.4 is 5.73 Å². The summed E-state index contributed by atoms with van der Waals surface area (Å²) in [4.78, 5) is 0. The molecule has 0 radical (unpaired) electrons. The predicted molar refractivity (Wildman–Crippen MR) is 45.1 cm³/mol. The van der Waals surface area contributed by atoms with Gasteiger partial charge in [0.05, 0.1) is 0 Å². The summed E-state index contributed by atoms with van der Waals surface area (Å²) in [5, 5.41) is 6.71. The highest BCUT2D eigenvalue weighted by atomic mass is 16.5. The Morgan fingerprint density at radius 2 is 2.36 bits per heavy atom. The third-order valence-corrected chi connectivity index (χ3v) is 1.26. The summed E-state index contributed by atoms with van der Waals surface area (Å²) in [6, 6.07) is -0.275. The van der Waals surface area contributed by atoms with E-state index in [4.69, 9.17) is 11.1 Å². The lowest BCUT2D eigenvalue weighted by molar-refractivity contribution is 0.348. The summed E-state index contributed by atoms with van der Waals surface area (Å²) in [6.07, 6.45) is 1.03. The Bertz CT molecular complexity index is 178. The predicted octanol–water partition coefficient (Wildman–Crippen LogP) is 0.946. The lowest BCUT2D eigenvalue weighted by atomic mass is 10.1. The molecule has 62 valence electrons. The van der Waals surface area contributed by atoms with Gasteiger partial charge in [-0.3, -0.25) is 5.41 Å². The largest absolute Gasteiger partial charge is 0.452 e. The smallest absolute Gasteiger partial charge is 0.279 e. The van der Waals surface area contributed by atoms with Crippen LogP contribution in [0.15, 0.2) is 0 Å².